The molecular weight excluding hydrogens is 343 g/mol. The molecule has 0 spiro atoms. The summed E-state index contributed by atoms with van der Waals surface area (Å²) in [5, 5.41) is 19.8. The molecule has 0 heterocycles. The van der Waals surface area contributed by atoms with Gasteiger partial charge in [-0.3, -0.25) is 10.1 Å². The van der Waals surface area contributed by atoms with E-state index < -0.39 is 10.7 Å². The van der Waals surface area contributed by atoms with E-state index in [9.17, 15) is 14.5 Å². The number of benzene rings is 2. The van der Waals surface area contributed by atoms with Crippen molar-refractivity contribution in [3.05, 3.63) is 61.9 Å². The molecule has 0 fully saturated rings. The van der Waals surface area contributed by atoms with Crippen LogP contribution in [0.25, 0.3) is 0 Å². The van der Waals surface area contributed by atoms with Gasteiger partial charge in [0.15, 0.2) is 11.6 Å². The second-order valence-electron chi connectivity index (χ2n) is 4.19. The van der Waals surface area contributed by atoms with Gasteiger partial charge in [0.2, 0.25) is 5.75 Å². The Balaban J connectivity index is 2.49. The Morgan fingerprint density at radius 3 is 2.67 bits per heavy atom. The first-order valence-electron chi connectivity index (χ1n) is 5.74. The highest BCUT2D eigenvalue weighted by molar-refractivity contribution is 9.10. The van der Waals surface area contributed by atoms with E-state index in [0.717, 1.165) is 6.07 Å². The maximum absolute atomic E-state index is 13.8. The van der Waals surface area contributed by atoms with Gasteiger partial charge in [0.05, 0.1) is 16.6 Å². The normalized spacial score (nSPS) is 10.0. The van der Waals surface area contributed by atoms with Crippen molar-refractivity contribution in [2.45, 2.75) is 6.92 Å². The van der Waals surface area contributed by atoms with Crippen LogP contribution >= 0.6 is 15.9 Å². The zero-order chi connectivity index (χ0) is 15.6. The minimum absolute atomic E-state index is 0.0354. The summed E-state index contributed by atoms with van der Waals surface area (Å²) in [7, 11) is 0. The zero-order valence-corrected chi connectivity index (χ0v) is 12.3. The Hall–Kier alpha value is -2.46. The maximum atomic E-state index is 13.8. The molecular formula is C14H8BrFN2O3. The van der Waals surface area contributed by atoms with Gasteiger partial charge in [0, 0.05) is 10.5 Å². The predicted molar refractivity (Wildman–Crippen MR) is 76.7 cm³/mol. The van der Waals surface area contributed by atoms with E-state index in [1.807, 2.05) is 0 Å². The third-order valence-electron chi connectivity index (χ3n) is 2.69. The summed E-state index contributed by atoms with van der Waals surface area (Å²) < 4.78 is 19.7. The Morgan fingerprint density at radius 2 is 2.10 bits per heavy atom. The van der Waals surface area contributed by atoms with Crippen molar-refractivity contribution < 1.29 is 14.1 Å². The Kier molecular flexibility index (Phi) is 4.19. The van der Waals surface area contributed by atoms with Crippen LogP contribution in [0.4, 0.5) is 10.1 Å². The van der Waals surface area contributed by atoms with Gasteiger partial charge in [-0.1, -0.05) is 15.9 Å². The molecule has 5 nitrogen and oxygen atoms in total. The number of hydrogen-bond acceptors (Lipinski definition) is 4. The maximum Gasteiger partial charge on any atom is 0.312 e. The van der Waals surface area contributed by atoms with Crippen LogP contribution in [0.1, 0.15) is 11.1 Å². The number of nitro groups is 1. The van der Waals surface area contributed by atoms with Crippen molar-refractivity contribution >= 4 is 21.6 Å². The number of hydrogen-bond donors (Lipinski definition) is 0. The molecule has 2 aromatic rings. The SMILES string of the molecule is Cc1cc(Br)cc([N+](=O)[O-])c1Oc1ccc(C#N)cc1F. The van der Waals surface area contributed by atoms with Gasteiger partial charge < -0.3 is 4.74 Å². The second kappa shape index (κ2) is 5.89. The van der Waals surface area contributed by atoms with Crippen molar-refractivity contribution in [2.75, 3.05) is 0 Å². The average Bonchev–Trinajstić information content (AvgIpc) is 2.42. The largest absolute Gasteiger partial charge is 0.447 e. The number of nitro benzene ring substituents is 1. The molecule has 0 unspecified atom stereocenters. The summed E-state index contributed by atoms with van der Waals surface area (Å²) >= 11 is 3.16. The fraction of sp³-hybridized carbons (Fsp3) is 0.0714. The monoisotopic (exact) mass is 350 g/mol. The highest BCUT2D eigenvalue weighted by Gasteiger charge is 2.21. The second-order valence-corrected chi connectivity index (χ2v) is 5.10. The van der Waals surface area contributed by atoms with Crippen molar-refractivity contribution in [2.24, 2.45) is 0 Å². The first-order valence-corrected chi connectivity index (χ1v) is 6.53. The Bertz CT molecular complexity index is 772. The third-order valence-corrected chi connectivity index (χ3v) is 3.15. The Morgan fingerprint density at radius 1 is 1.38 bits per heavy atom. The number of ether oxygens (including phenoxy) is 1. The van der Waals surface area contributed by atoms with Crippen molar-refractivity contribution in [3.8, 4) is 17.6 Å². The number of aryl methyl sites for hydroxylation is 1. The number of halogens is 2. The summed E-state index contributed by atoms with van der Waals surface area (Å²) in [5.74, 6) is -0.972. The van der Waals surface area contributed by atoms with Gasteiger partial charge in [0.25, 0.3) is 0 Å². The number of rotatable bonds is 3. The first kappa shape index (κ1) is 14.9. The van der Waals surface area contributed by atoms with E-state index in [-0.39, 0.29) is 22.7 Å². The number of nitrogens with zero attached hydrogens (tertiary/aromatic N) is 2. The summed E-state index contributed by atoms with van der Waals surface area (Å²) in [5.41, 5.74) is 0.354. The van der Waals surface area contributed by atoms with Crippen LogP contribution in [-0.4, -0.2) is 4.92 Å². The van der Waals surface area contributed by atoms with Crippen LogP contribution in [0, 0.1) is 34.2 Å². The van der Waals surface area contributed by atoms with Crippen LogP contribution < -0.4 is 4.74 Å². The van der Waals surface area contributed by atoms with Crippen molar-refractivity contribution in [1.82, 2.24) is 0 Å². The van der Waals surface area contributed by atoms with Gasteiger partial charge in [0.1, 0.15) is 0 Å². The molecule has 2 rings (SSSR count). The average molecular weight is 351 g/mol. The smallest absolute Gasteiger partial charge is 0.312 e. The lowest BCUT2D eigenvalue weighted by molar-refractivity contribution is -0.385. The summed E-state index contributed by atoms with van der Waals surface area (Å²) in [4.78, 5) is 10.5. The lowest BCUT2D eigenvalue weighted by Crippen LogP contribution is -1.97. The molecule has 0 amide bonds. The van der Waals surface area contributed by atoms with E-state index in [2.05, 4.69) is 15.9 Å². The fourth-order valence-electron chi connectivity index (χ4n) is 1.74. The molecule has 0 radical (unpaired) electrons. The summed E-state index contributed by atoms with van der Waals surface area (Å²) in [6.07, 6.45) is 0. The molecule has 0 saturated heterocycles. The zero-order valence-electron chi connectivity index (χ0n) is 10.8. The van der Waals surface area contributed by atoms with Gasteiger partial charge in [-0.15, -0.1) is 0 Å². The molecule has 0 bridgehead atoms. The molecule has 21 heavy (non-hydrogen) atoms. The topological polar surface area (TPSA) is 76.2 Å². The van der Waals surface area contributed by atoms with Crippen LogP contribution in [0.15, 0.2) is 34.8 Å². The molecule has 0 aliphatic rings. The lowest BCUT2D eigenvalue weighted by atomic mass is 10.2. The molecule has 0 aromatic heterocycles. The van der Waals surface area contributed by atoms with Crippen LogP contribution in [0.2, 0.25) is 0 Å². The van der Waals surface area contributed by atoms with E-state index in [1.54, 1.807) is 19.1 Å². The standard InChI is InChI=1S/C14H8BrFN2O3/c1-8-4-10(15)6-12(18(19)20)14(8)21-13-3-2-9(7-17)5-11(13)16/h2-6H,1H3. The van der Waals surface area contributed by atoms with Gasteiger partial charge >= 0.3 is 5.69 Å². The molecule has 106 valence electrons. The van der Waals surface area contributed by atoms with Gasteiger partial charge in [-0.2, -0.15) is 5.26 Å². The lowest BCUT2D eigenvalue weighted by Gasteiger charge is -2.10. The van der Waals surface area contributed by atoms with Crippen LogP contribution in [-0.2, 0) is 0 Å². The van der Waals surface area contributed by atoms with Crippen molar-refractivity contribution in [1.29, 1.82) is 5.26 Å². The minimum Gasteiger partial charge on any atom is -0.447 e. The van der Waals surface area contributed by atoms with Gasteiger partial charge in [-0.05, 0) is 36.8 Å². The van der Waals surface area contributed by atoms with Crippen molar-refractivity contribution in [3.63, 3.8) is 0 Å². The molecule has 0 aliphatic heterocycles. The van der Waals surface area contributed by atoms with E-state index in [0.29, 0.717) is 10.0 Å². The van der Waals surface area contributed by atoms with Crippen LogP contribution in [0.3, 0.4) is 0 Å². The predicted octanol–water partition coefficient (Wildman–Crippen LogP) is 4.47. The van der Waals surface area contributed by atoms with E-state index >= 15 is 0 Å². The summed E-state index contributed by atoms with van der Waals surface area (Å²) in [6, 6.07) is 8.35. The Labute approximate surface area is 127 Å². The molecule has 7 heteroatoms. The van der Waals surface area contributed by atoms with Crippen LogP contribution in [0.5, 0.6) is 11.5 Å². The third kappa shape index (κ3) is 3.17. The van der Waals surface area contributed by atoms with E-state index in [4.69, 9.17) is 10.00 Å². The highest BCUT2D eigenvalue weighted by atomic mass is 79.9. The molecule has 0 N–H and O–H groups in total. The molecule has 2 aromatic carbocycles. The number of nitriles is 1. The summed E-state index contributed by atoms with van der Waals surface area (Å²) in [6.45, 7) is 1.62. The van der Waals surface area contributed by atoms with Gasteiger partial charge in [-0.25, -0.2) is 4.39 Å². The quantitative estimate of drug-likeness (QED) is 0.604. The molecule has 0 saturated carbocycles. The molecule has 0 atom stereocenters. The first-order chi connectivity index (χ1) is 9.92. The minimum atomic E-state index is -0.759. The van der Waals surface area contributed by atoms with E-state index in [1.165, 1.54) is 18.2 Å². The highest BCUT2D eigenvalue weighted by Crippen LogP contribution is 2.37. The molecule has 0 aliphatic carbocycles. The fourth-order valence-corrected chi connectivity index (χ4v) is 2.30.